The lowest BCUT2D eigenvalue weighted by Gasteiger charge is -2.40. The number of fused-ring (bicyclic) bond motifs is 2. The number of thiol groups is 1. The maximum atomic E-state index is 13.7. The van der Waals surface area contributed by atoms with Gasteiger partial charge in [0.15, 0.2) is 0 Å². The molecule has 0 spiro atoms. The first-order valence-electron chi connectivity index (χ1n) is 8.87. The first-order valence-corrected chi connectivity index (χ1v) is 10.3. The van der Waals surface area contributed by atoms with E-state index in [0.717, 1.165) is 59.6 Å². The van der Waals surface area contributed by atoms with E-state index in [2.05, 4.69) is 47.8 Å². The minimum atomic E-state index is -0.252. The molecule has 4 rings (SSSR count). The fourth-order valence-electron chi connectivity index (χ4n) is 3.62. The lowest BCUT2D eigenvalue weighted by atomic mass is 10.1. The monoisotopic (exact) mass is 390 g/mol. The molecule has 1 N–H and O–H groups in total. The van der Waals surface area contributed by atoms with Crippen molar-refractivity contribution >= 4 is 46.2 Å². The molecule has 1 atom stereocenters. The first-order chi connectivity index (χ1) is 12.5. The number of benzene rings is 1. The zero-order chi connectivity index (χ0) is 18.3. The van der Waals surface area contributed by atoms with E-state index in [4.69, 9.17) is 4.99 Å². The summed E-state index contributed by atoms with van der Waals surface area (Å²) < 4.78 is 13.7. The Balaban J connectivity index is 1.76. The Kier molecular flexibility index (Phi) is 4.94. The molecule has 2 aromatic rings. The third kappa shape index (κ3) is 3.35. The second-order valence-corrected chi connectivity index (χ2v) is 8.62. The number of halogens is 1. The van der Waals surface area contributed by atoms with Gasteiger partial charge in [-0.3, -0.25) is 4.90 Å². The molecule has 0 bridgehead atoms. The highest BCUT2D eigenvalue weighted by Gasteiger charge is 2.29. The van der Waals surface area contributed by atoms with Crippen molar-refractivity contribution in [2.45, 2.75) is 19.4 Å². The van der Waals surface area contributed by atoms with Crippen LogP contribution >= 0.6 is 24.0 Å². The van der Waals surface area contributed by atoms with Crippen LogP contribution in [-0.2, 0) is 0 Å². The zero-order valence-corrected chi connectivity index (χ0v) is 16.7. The van der Waals surface area contributed by atoms with Crippen LogP contribution in [0.5, 0.6) is 0 Å². The number of likely N-dealkylation sites (N-methyl/N-ethyl adjacent to an activating group) is 1. The average Bonchev–Trinajstić information content (AvgIpc) is 2.90. The van der Waals surface area contributed by atoms with E-state index in [1.165, 1.54) is 17.0 Å². The fourth-order valence-corrected chi connectivity index (χ4v) is 4.83. The molecule has 2 aliphatic heterocycles. The number of piperazine rings is 1. The Bertz CT molecular complexity index is 848. The van der Waals surface area contributed by atoms with Gasteiger partial charge in [0, 0.05) is 30.6 Å². The zero-order valence-electron chi connectivity index (χ0n) is 15.0. The van der Waals surface area contributed by atoms with E-state index in [-0.39, 0.29) is 5.82 Å². The van der Waals surface area contributed by atoms with Crippen LogP contribution in [0.3, 0.4) is 0 Å². The molecule has 1 saturated heterocycles. The molecule has 0 saturated carbocycles. The summed E-state index contributed by atoms with van der Waals surface area (Å²) in [6.45, 7) is 4.96. The SMILES string of the molecule is Cc1cc2c(s1)Nc1cc(F)ccc1N=C2N1CCN(C)[C@@H](CCS)C1. The molecule has 4 nitrogen and oxygen atoms in total. The normalized spacial score (nSPS) is 20.1. The van der Waals surface area contributed by atoms with Crippen LogP contribution in [0.1, 0.15) is 16.9 Å². The van der Waals surface area contributed by atoms with Gasteiger partial charge in [0.05, 0.1) is 16.9 Å². The number of hydrogen-bond acceptors (Lipinski definition) is 6. The molecule has 0 unspecified atom stereocenters. The van der Waals surface area contributed by atoms with Crippen LogP contribution in [0.25, 0.3) is 0 Å². The van der Waals surface area contributed by atoms with E-state index in [0.29, 0.717) is 6.04 Å². The van der Waals surface area contributed by atoms with Gasteiger partial charge in [-0.2, -0.15) is 12.6 Å². The van der Waals surface area contributed by atoms with Crippen LogP contribution < -0.4 is 5.32 Å². The van der Waals surface area contributed by atoms with Crippen molar-refractivity contribution in [2.75, 3.05) is 37.8 Å². The molecule has 1 aromatic carbocycles. The number of nitrogens with zero attached hydrogens (tertiary/aromatic N) is 3. The summed E-state index contributed by atoms with van der Waals surface area (Å²) in [6, 6.07) is 7.40. The average molecular weight is 391 g/mol. The van der Waals surface area contributed by atoms with Gasteiger partial charge in [-0.1, -0.05) is 0 Å². The quantitative estimate of drug-likeness (QED) is 0.751. The van der Waals surface area contributed by atoms with Crippen LogP contribution in [0.2, 0.25) is 0 Å². The number of amidine groups is 1. The van der Waals surface area contributed by atoms with Crippen molar-refractivity contribution in [3.8, 4) is 0 Å². The van der Waals surface area contributed by atoms with Crippen molar-refractivity contribution in [3.63, 3.8) is 0 Å². The highest BCUT2D eigenvalue weighted by molar-refractivity contribution is 7.80. The van der Waals surface area contributed by atoms with Crippen molar-refractivity contribution in [2.24, 2.45) is 4.99 Å². The minimum absolute atomic E-state index is 0.252. The standard InChI is InChI=1S/C19H23FN4S2/c1-12-9-15-18(24-7-6-23(2)14(11-24)5-8-25)21-16-4-3-13(20)10-17(16)22-19(15)26-12/h3-4,9-10,14,22,25H,5-8,11H2,1-2H3/t14-/m0/s1. The highest BCUT2D eigenvalue weighted by Crippen LogP contribution is 2.39. The third-order valence-electron chi connectivity index (χ3n) is 5.07. The van der Waals surface area contributed by atoms with Gasteiger partial charge >= 0.3 is 0 Å². The van der Waals surface area contributed by atoms with E-state index < -0.39 is 0 Å². The lowest BCUT2D eigenvalue weighted by molar-refractivity contribution is 0.139. The summed E-state index contributed by atoms with van der Waals surface area (Å²) in [5, 5.41) is 4.43. The molecule has 138 valence electrons. The van der Waals surface area contributed by atoms with Crippen LogP contribution in [0, 0.1) is 12.7 Å². The lowest BCUT2D eigenvalue weighted by Crippen LogP contribution is -2.53. The summed E-state index contributed by atoms with van der Waals surface area (Å²) in [4.78, 5) is 11.0. The Morgan fingerprint density at radius 1 is 1.35 bits per heavy atom. The number of thiophene rings is 1. The number of aryl methyl sites for hydroxylation is 1. The summed E-state index contributed by atoms with van der Waals surface area (Å²) in [5.41, 5.74) is 2.62. The van der Waals surface area contributed by atoms with Crippen LogP contribution in [0.4, 0.5) is 20.8 Å². The number of hydrogen-bond donors (Lipinski definition) is 2. The molecule has 0 aliphatic carbocycles. The largest absolute Gasteiger partial charge is 0.353 e. The van der Waals surface area contributed by atoms with E-state index >= 15 is 0 Å². The van der Waals surface area contributed by atoms with Gasteiger partial charge in [0.1, 0.15) is 16.7 Å². The van der Waals surface area contributed by atoms with Gasteiger partial charge in [-0.05, 0) is 50.4 Å². The van der Waals surface area contributed by atoms with E-state index in [1.54, 1.807) is 17.4 Å². The smallest absolute Gasteiger partial charge is 0.139 e. The topological polar surface area (TPSA) is 30.9 Å². The number of nitrogens with one attached hydrogen (secondary N) is 1. The van der Waals surface area contributed by atoms with Gasteiger partial charge in [0.25, 0.3) is 0 Å². The molecule has 26 heavy (non-hydrogen) atoms. The van der Waals surface area contributed by atoms with Crippen molar-refractivity contribution in [1.82, 2.24) is 9.80 Å². The number of anilines is 2. The van der Waals surface area contributed by atoms with E-state index in [1.807, 2.05) is 0 Å². The number of aliphatic imine (C=N–C) groups is 1. The summed E-state index contributed by atoms with van der Waals surface area (Å²) in [6.07, 6.45) is 1.05. The molecule has 3 heterocycles. The first kappa shape index (κ1) is 17.8. The Morgan fingerprint density at radius 3 is 3.00 bits per heavy atom. The highest BCUT2D eigenvalue weighted by atomic mass is 32.1. The maximum absolute atomic E-state index is 13.7. The van der Waals surface area contributed by atoms with Gasteiger partial charge in [0.2, 0.25) is 0 Å². The Morgan fingerprint density at radius 2 is 2.19 bits per heavy atom. The molecular formula is C19H23FN4S2. The second kappa shape index (κ2) is 7.21. The second-order valence-electron chi connectivity index (χ2n) is 6.91. The summed E-state index contributed by atoms with van der Waals surface area (Å²) in [5.74, 6) is 1.61. The maximum Gasteiger partial charge on any atom is 0.139 e. The minimum Gasteiger partial charge on any atom is -0.353 e. The molecule has 1 fully saturated rings. The molecule has 0 radical (unpaired) electrons. The molecule has 2 aliphatic rings. The van der Waals surface area contributed by atoms with Crippen molar-refractivity contribution < 1.29 is 4.39 Å². The van der Waals surface area contributed by atoms with Crippen molar-refractivity contribution in [1.29, 1.82) is 0 Å². The molecule has 0 amide bonds. The van der Waals surface area contributed by atoms with Gasteiger partial charge < -0.3 is 10.2 Å². The van der Waals surface area contributed by atoms with Crippen molar-refractivity contribution in [3.05, 3.63) is 40.5 Å². The fraction of sp³-hybridized carbons (Fsp3) is 0.421. The predicted octanol–water partition coefficient (Wildman–Crippen LogP) is 4.27. The van der Waals surface area contributed by atoms with Crippen LogP contribution in [0.15, 0.2) is 29.3 Å². The molecule has 1 aromatic heterocycles. The summed E-state index contributed by atoms with van der Waals surface area (Å²) in [7, 11) is 2.18. The molecular weight excluding hydrogens is 367 g/mol. The van der Waals surface area contributed by atoms with Gasteiger partial charge in [-0.25, -0.2) is 9.38 Å². The van der Waals surface area contributed by atoms with Gasteiger partial charge in [-0.15, -0.1) is 11.3 Å². The van der Waals surface area contributed by atoms with E-state index in [9.17, 15) is 4.39 Å². The Hall–Kier alpha value is -1.57. The molecule has 7 heteroatoms. The Labute approximate surface area is 163 Å². The van der Waals surface area contributed by atoms with Crippen LogP contribution in [-0.4, -0.2) is 54.1 Å². The predicted molar refractivity (Wildman–Crippen MR) is 111 cm³/mol. The summed E-state index contributed by atoms with van der Waals surface area (Å²) >= 11 is 6.11. The third-order valence-corrected chi connectivity index (χ3v) is 6.29. The number of rotatable bonds is 2.